The van der Waals surface area contributed by atoms with E-state index in [9.17, 15) is 14.9 Å². The van der Waals surface area contributed by atoms with Crippen molar-refractivity contribution in [1.29, 1.82) is 5.26 Å². The molecule has 0 saturated heterocycles. The predicted octanol–water partition coefficient (Wildman–Crippen LogP) is 5.05. The van der Waals surface area contributed by atoms with Gasteiger partial charge in [0.1, 0.15) is 18.1 Å². The van der Waals surface area contributed by atoms with Crippen molar-refractivity contribution in [3.63, 3.8) is 0 Å². The molecule has 0 saturated carbocycles. The van der Waals surface area contributed by atoms with Gasteiger partial charge in [0, 0.05) is 21.8 Å². The number of nitrogens with zero attached hydrogens (tertiary/aromatic N) is 3. The number of carbonyl (C=O) groups is 2. The number of nitriles is 1. The van der Waals surface area contributed by atoms with Crippen LogP contribution < -0.4 is 10.1 Å². The fourth-order valence-electron chi connectivity index (χ4n) is 3.91. The van der Waals surface area contributed by atoms with Gasteiger partial charge in [-0.3, -0.25) is 9.59 Å². The summed E-state index contributed by atoms with van der Waals surface area (Å²) >= 11 is 5.97. The number of ether oxygens (including phenoxy) is 1. The van der Waals surface area contributed by atoms with Crippen molar-refractivity contribution in [3.8, 4) is 28.8 Å². The van der Waals surface area contributed by atoms with E-state index in [0.29, 0.717) is 27.7 Å². The van der Waals surface area contributed by atoms with Crippen LogP contribution in [0.5, 0.6) is 5.75 Å². The summed E-state index contributed by atoms with van der Waals surface area (Å²) in [6.07, 6.45) is 0. The fourth-order valence-corrected chi connectivity index (χ4v) is 4.10. The minimum absolute atomic E-state index is 0.0288. The third-order valence-corrected chi connectivity index (χ3v) is 5.71. The zero-order chi connectivity index (χ0) is 23.7. The highest BCUT2D eigenvalue weighted by Gasteiger charge is 2.36. The summed E-state index contributed by atoms with van der Waals surface area (Å²) in [6, 6.07) is 25.1. The van der Waals surface area contributed by atoms with Crippen molar-refractivity contribution in [3.05, 3.63) is 95.1 Å². The van der Waals surface area contributed by atoms with Crippen LogP contribution in [0, 0.1) is 17.2 Å². The van der Waals surface area contributed by atoms with Crippen LogP contribution >= 0.6 is 11.6 Å². The van der Waals surface area contributed by atoms with E-state index in [2.05, 4.69) is 10.4 Å². The first-order valence-electron chi connectivity index (χ1n) is 10.5. The highest BCUT2D eigenvalue weighted by Crippen LogP contribution is 2.40. The zero-order valence-corrected chi connectivity index (χ0v) is 18.5. The van der Waals surface area contributed by atoms with E-state index in [1.165, 1.54) is 6.07 Å². The van der Waals surface area contributed by atoms with Crippen molar-refractivity contribution in [2.24, 2.45) is 5.92 Å². The molecule has 0 bridgehead atoms. The van der Waals surface area contributed by atoms with Crippen LogP contribution in [-0.2, 0) is 11.4 Å². The Kier molecular flexibility index (Phi) is 5.58. The van der Waals surface area contributed by atoms with Gasteiger partial charge in [0.15, 0.2) is 5.92 Å². The van der Waals surface area contributed by atoms with E-state index in [0.717, 1.165) is 11.3 Å². The number of halogens is 1. The molecule has 4 aromatic rings. The molecular weight excluding hydrogens is 452 g/mol. The van der Waals surface area contributed by atoms with Gasteiger partial charge in [-0.05, 0) is 42.5 Å². The van der Waals surface area contributed by atoms with E-state index in [1.54, 1.807) is 22.9 Å². The number of aromatic nitrogens is 2. The minimum atomic E-state index is -1.60. The van der Waals surface area contributed by atoms with Gasteiger partial charge < -0.3 is 10.1 Å². The number of benzene rings is 3. The Balaban J connectivity index is 1.57. The highest BCUT2D eigenvalue weighted by molar-refractivity contribution is 6.31. The monoisotopic (exact) mass is 468 g/mol. The van der Waals surface area contributed by atoms with Gasteiger partial charge in [0.05, 0.1) is 17.5 Å². The molecule has 0 radical (unpaired) electrons. The van der Waals surface area contributed by atoms with Gasteiger partial charge in [-0.1, -0.05) is 48.0 Å². The van der Waals surface area contributed by atoms with E-state index in [1.807, 2.05) is 60.7 Å². The number of Topliss-reactive ketones (excluding diaryl/α,β-unsaturated/α-hetero) is 1. The van der Waals surface area contributed by atoms with Crippen LogP contribution in [0.4, 0.5) is 5.69 Å². The molecule has 0 fully saturated rings. The number of nitrogens with one attached hydrogen (secondary N) is 1. The van der Waals surface area contributed by atoms with Crippen LogP contribution in [-0.4, -0.2) is 21.5 Å². The van der Waals surface area contributed by atoms with Crippen LogP contribution in [0.15, 0.2) is 78.9 Å². The summed E-state index contributed by atoms with van der Waals surface area (Å²) in [7, 11) is 0. The fraction of sp³-hybridized carbons (Fsp3) is 0.0769. The third-order valence-electron chi connectivity index (χ3n) is 5.48. The standard InChI is InChI=1S/C26H17ClN4O3/c27-16-7-6-8-17(13-16)29-26(33)20(14-28)25(32)23-21-15-34-22-12-5-4-11-19(22)24(21)31(30-23)18-9-2-1-3-10-18/h1-13,20H,15H2,(H,29,33). The number of rotatable bonds is 5. The van der Waals surface area contributed by atoms with E-state index >= 15 is 0 Å². The molecule has 7 nitrogen and oxygen atoms in total. The van der Waals surface area contributed by atoms with E-state index in [4.69, 9.17) is 16.3 Å². The van der Waals surface area contributed by atoms with Crippen LogP contribution in [0.1, 0.15) is 16.1 Å². The summed E-state index contributed by atoms with van der Waals surface area (Å²) in [5.74, 6) is -2.38. The van der Waals surface area contributed by atoms with Gasteiger partial charge in [0.25, 0.3) is 0 Å². The summed E-state index contributed by atoms with van der Waals surface area (Å²) in [5, 5.41) is 17.3. The smallest absolute Gasteiger partial charge is 0.249 e. The van der Waals surface area contributed by atoms with Crippen LogP contribution in [0.25, 0.3) is 16.9 Å². The molecule has 34 heavy (non-hydrogen) atoms. The lowest BCUT2D eigenvalue weighted by atomic mass is 9.96. The Bertz CT molecular complexity index is 1460. The molecule has 1 N–H and O–H groups in total. The first-order valence-corrected chi connectivity index (χ1v) is 10.8. The SMILES string of the molecule is N#CC(C(=O)Nc1cccc(Cl)c1)C(=O)c1nn(-c2ccccc2)c2c1COc1ccccc1-2. The Labute approximate surface area is 200 Å². The maximum absolute atomic E-state index is 13.5. The van der Waals surface area contributed by atoms with Crippen molar-refractivity contribution in [2.45, 2.75) is 6.61 Å². The Morgan fingerprint density at radius 3 is 2.59 bits per heavy atom. The Morgan fingerprint density at radius 2 is 1.82 bits per heavy atom. The van der Waals surface area contributed by atoms with Crippen molar-refractivity contribution in [1.82, 2.24) is 9.78 Å². The largest absolute Gasteiger partial charge is 0.488 e. The summed E-state index contributed by atoms with van der Waals surface area (Å²) < 4.78 is 7.53. The maximum Gasteiger partial charge on any atom is 0.249 e. The van der Waals surface area contributed by atoms with Crippen molar-refractivity contribution in [2.75, 3.05) is 5.32 Å². The number of ketones is 1. The molecular formula is C26H17ClN4O3. The number of fused-ring (bicyclic) bond motifs is 3. The molecule has 1 aliphatic heterocycles. The normalized spacial score (nSPS) is 12.5. The second-order valence-corrected chi connectivity index (χ2v) is 8.07. The van der Waals surface area contributed by atoms with E-state index < -0.39 is 17.6 Å². The second kappa shape index (κ2) is 8.85. The highest BCUT2D eigenvalue weighted by atomic mass is 35.5. The molecule has 1 atom stereocenters. The van der Waals surface area contributed by atoms with Crippen LogP contribution in [0.2, 0.25) is 5.02 Å². The molecule has 1 aliphatic rings. The third kappa shape index (κ3) is 3.81. The summed E-state index contributed by atoms with van der Waals surface area (Å²) in [4.78, 5) is 26.3. The first kappa shape index (κ1) is 21.4. The van der Waals surface area contributed by atoms with Gasteiger partial charge in [-0.15, -0.1) is 0 Å². The molecule has 1 aromatic heterocycles. The average Bonchev–Trinajstić information content (AvgIpc) is 3.25. The van der Waals surface area contributed by atoms with E-state index in [-0.39, 0.29) is 12.3 Å². The number of carbonyl (C=O) groups excluding carboxylic acids is 2. The van der Waals surface area contributed by atoms with Crippen molar-refractivity contribution < 1.29 is 14.3 Å². The summed E-state index contributed by atoms with van der Waals surface area (Å²) in [5.41, 5.74) is 3.16. The van der Waals surface area contributed by atoms with Gasteiger partial charge in [-0.2, -0.15) is 10.4 Å². The lowest BCUT2D eigenvalue weighted by Crippen LogP contribution is -2.29. The minimum Gasteiger partial charge on any atom is -0.488 e. The number of hydrogen-bond acceptors (Lipinski definition) is 5. The second-order valence-electron chi connectivity index (χ2n) is 7.63. The molecule has 2 heterocycles. The molecule has 166 valence electrons. The Morgan fingerprint density at radius 1 is 1.06 bits per heavy atom. The Hall–Kier alpha value is -4.41. The first-order chi connectivity index (χ1) is 16.6. The molecule has 1 unspecified atom stereocenters. The molecule has 3 aromatic carbocycles. The zero-order valence-electron chi connectivity index (χ0n) is 17.7. The van der Waals surface area contributed by atoms with Crippen LogP contribution in [0.3, 0.4) is 0 Å². The molecule has 8 heteroatoms. The lowest BCUT2D eigenvalue weighted by molar-refractivity contribution is -0.117. The number of para-hydroxylation sites is 2. The van der Waals surface area contributed by atoms with Gasteiger partial charge in [-0.25, -0.2) is 4.68 Å². The van der Waals surface area contributed by atoms with Crippen molar-refractivity contribution >= 4 is 29.0 Å². The van der Waals surface area contributed by atoms with Gasteiger partial charge >= 0.3 is 0 Å². The molecule has 5 rings (SSSR count). The number of anilines is 1. The van der Waals surface area contributed by atoms with Gasteiger partial charge in [0.2, 0.25) is 11.7 Å². The predicted molar refractivity (Wildman–Crippen MR) is 127 cm³/mol. The summed E-state index contributed by atoms with van der Waals surface area (Å²) in [6.45, 7) is 0.0916. The number of hydrogen-bond donors (Lipinski definition) is 1. The lowest BCUT2D eigenvalue weighted by Gasteiger charge is -2.19. The topological polar surface area (TPSA) is 97.0 Å². The molecule has 0 spiro atoms. The maximum atomic E-state index is 13.5. The number of amides is 1. The molecule has 1 amide bonds. The molecule has 0 aliphatic carbocycles. The quantitative estimate of drug-likeness (QED) is 0.326. The average molecular weight is 469 g/mol.